The van der Waals surface area contributed by atoms with E-state index in [2.05, 4.69) is 5.32 Å². The summed E-state index contributed by atoms with van der Waals surface area (Å²) in [6, 6.07) is 10.5. The van der Waals surface area contributed by atoms with Crippen LogP contribution in [0.4, 0.5) is 0 Å². The average Bonchev–Trinajstić information content (AvgIpc) is 2.66. The van der Waals surface area contributed by atoms with E-state index in [0.717, 1.165) is 17.1 Å². The van der Waals surface area contributed by atoms with Crippen molar-refractivity contribution in [2.75, 3.05) is 26.4 Å². The molecule has 7 heteroatoms. The largest absolute Gasteiger partial charge is 0.486 e. The van der Waals surface area contributed by atoms with Crippen molar-refractivity contribution in [1.29, 1.82) is 0 Å². The zero-order valence-corrected chi connectivity index (χ0v) is 15.7. The zero-order chi connectivity index (χ0) is 19.2. The van der Waals surface area contributed by atoms with Gasteiger partial charge in [-0.25, -0.2) is 0 Å². The number of halogens is 1. The Morgan fingerprint density at radius 1 is 1.11 bits per heavy atom. The number of amides is 1. The van der Waals surface area contributed by atoms with Crippen LogP contribution in [0.15, 0.2) is 36.4 Å². The molecular weight excluding hydrogens is 370 g/mol. The van der Waals surface area contributed by atoms with Crippen LogP contribution in [-0.2, 0) is 11.2 Å². The highest BCUT2D eigenvalue weighted by atomic mass is 35.5. The van der Waals surface area contributed by atoms with E-state index in [-0.39, 0.29) is 18.3 Å². The van der Waals surface area contributed by atoms with Crippen molar-refractivity contribution in [2.24, 2.45) is 0 Å². The van der Waals surface area contributed by atoms with Crippen molar-refractivity contribution < 1.29 is 23.8 Å². The molecule has 27 heavy (non-hydrogen) atoms. The number of ketones is 1. The van der Waals surface area contributed by atoms with Gasteiger partial charge in [-0.15, -0.1) is 0 Å². The zero-order valence-electron chi connectivity index (χ0n) is 14.9. The van der Waals surface area contributed by atoms with Gasteiger partial charge in [0.05, 0.1) is 5.56 Å². The molecule has 0 unspecified atom stereocenters. The number of hydrogen-bond acceptors (Lipinski definition) is 5. The van der Waals surface area contributed by atoms with Crippen LogP contribution < -0.4 is 19.5 Å². The molecule has 0 fully saturated rings. The van der Waals surface area contributed by atoms with Gasteiger partial charge < -0.3 is 19.5 Å². The van der Waals surface area contributed by atoms with Crippen LogP contribution in [0.2, 0.25) is 5.02 Å². The van der Waals surface area contributed by atoms with Crippen LogP contribution >= 0.6 is 11.6 Å². The third-order valence-corrected chi connectivity index (χ3v) is 4.26. The summed E-state index contributed by atoms with van der Waals surface area (Å²) in [7, 11) is 0. The first-order chi connectivity index (χ1) is 13.0. The molecule has 0 atom stereocenters. The fourth-order valence-corrected chi connectivity index (χ4v) is 2.86. The molecule has 0 saturated heterocycles. The second-order valence-corrected chi connectivity index (χ2v) is 6.50. The number of carbonyl (C=O) groups is 2. The van der Waals surface area contributed by atoms with E-state index in [1.165, 1.54) is 13.0 Å². The number of hydrogen-bond donors (Lipinski definition) is 1. The van der Waals surface area contributed by atoms with E-state index in [1.54, 1.807) is 12.1 Å². The topological polar surface area (TPSA) is 73.9 Å². The smallest absolute Gasteiger partial charge is 0.257 e. The fraction of sp³-hybridized carbons (Fsp3) is 0.300. The molecule has 0 aliphatic carbocycles. The van der Waals surface area contributed by atoms with Crippen LogP contribution in [0, 0.1) is 0 Å². The second-order valence-electron chi connectivity index (χ2n) is 6.06. The minimum atomic E-state index is -0.267. The number of rotatable bonds is 7. The quantitative estimate of drug-likeness (QED) is 0.737. The predicted octanol–water partition coefficient (Wildman–Crippen LogP) is 3.05. The Morgan fingerprint density at radius 3 is 2.67 bits per heavy atom. The molecule has 0 bridgehead atoms. The van der Waals surface area contributed by atoms with Crippen molar-refractivity contribution in [3.63, 3.8) is 0 Å². The molecule has 1 aliphatic heterocycles. The Morgan fingerprint density at radius 2 is 1.89 bits per heavy atom. The maximum Gasteiger partial charge on any atom is 0.257 e. The molecule has 142 valence electrons. The Kier molecular flexibility index (Phi) is 6.19. The first kappa shape index (κ1) is 19.0. The lowest BCUT2D eigenvalue weighted by Crippen LogP contribution is -2.30. The first-order valence-electron chi connectivity index (χ1n) is 8.61. The lowest BCUT2D eigenvalue weighted by molar-refractivity contribution is -0.123. The molecule has 2 aromatic rings. The Labute approximate surface area is 162 Å². The summed E-state index contributed by atoms with van der Waals surface area (Å²) in [4.78, 5) is 23.6. The van der Waals surface area contributed by atoms with E-state index in [4.69, 9.17) is 25.8 Å². The van der Waals surface area contributed by atoms with Gasteiger partial charge in [-0.3, -0.25) is 9.59 Å². The molecule has 2 aromatic carbocycles. The summed E-state index contributed by atoms with van der Waals surface area (Å²) < 4.78 is 16.5. The molecule has 3 rings (SSSR count). The van der Waals surface area contributed by atoms with Gasteiger partial charge in [-0.05, 0) is 49.2 Å². The number of fused-ring (bicyclic) bond motifs is 1. The predicted molar refractivity (Wildman–Crippen MR) is 101 cm³/mol. The lowest BCUT2D eigenvalue weighted by Gasteiger charge is -2.18. The minimum absolute atomic E-state index is 0.175. The second kappa shape index (κ2) is 8.77. The van der Waals surface area contributed by atoms with Gasteiger partial charge in [0.2, 0.25) is 0 Å². The molecule has 0 radical (unpaired) electrons. The van der Waals surface area contributed by atoms with E-state index in [9.17, 15) is 9.59 Å². The van der Waals surface area contributed by atoms with Crippen LogP contribution in [0.3, 0.4) is 0 Å². The van der Waals surface area contributed by atoms with Gasteiger partial charge in [-0.2, -0.15) is 0 Å². The van der Waals surface area contributed by atoms with E-state index in [0.29, 0.717) is 42.5 Å². The van der Waals surface area contributed by atoms with Crippen LogP contribution in [0.25, 0.3) is 0 Å². The Balaban J connectivity index is 1.47. The highest BCUT2D eigenvalue weighted by molar-refractivity contribution is 6.31. The fourth-order valence-electron chi connectivity index (χ4n) is 2.69. The summed E-state index contributed by atoms with van der Waals surface area (Å²) in [5.74, 6) is 1.37. The van der Waals surface area contributed by atoms with Gasteiger partial charge >= 0.3 is 0 Å². The number of nitrogens with one attached hydrogen (secondary N) is 1. The van der Waals surface area contributed by atoms with Crippen LogP contribution in [0.5, 0.6) is 17.2 Å². The summed E-state index contributed by atoms with van der Waals surface area (Å²) in [6.07, 6.45) is 0.655. The van der Waals surface area contributed by atoms with Gasteiger partial charge in [0.15, 0.2) is 23.9 Å². The molecule has 0 spiro atoms. The normalized spacial score (nSPS) is 12.4. The number of benzene rings is 2. The standard InChI is InChI=1S/C20H20ClNO5/c1-13(23)16-11-15(21)3-5-17(16)27-12-20(24)22-7-6-14-2-4-18-19(10-14)26-9-8-25-18/h2-5,10-11H,6-9,12H2,1H3,(H,22,24). The van der Waals surface area contributed by atoms with Gasteiger partial charge in [-0.1, -0.05) is 17.7 Å². The van der Waals surface area contributed by atoms with E-state index >= 15 is 0 Å². The number of carbonyl (C=O) groups excluding carboxylic acids is 2. The molecule has 1 aliphatic rings. The first-order valence-corrected chi connectivity index (χ1v) is 8.99. The highest BCUT2D eigenvalue weighted by Crippen LogP contribution is 2.30. The van der Waals surface area contributed by atoms with E-state index in [1.807, 2.05) is 18.2 Å². The van der Waals surface area contributed by atoms with Gasteiger partial charge in [0, 0.05) is 11.6 Å². The molecule has 6 nitrogen and oxygen atoms in total. The summed E-state index contributed by atoms with van der Waals surface area (Å²) in [5, 5.41) is 3.24. The Hall–Kier alpha value is -2.73. The number of Topliss-reactive ketones (excluding diaryl/α,β-unsaturated/α-hetero) is 1. The van der Waals surface area contributed by atoms with E-state index < -0.39 is 0 Å². The maximum atomic E-state index is 12.0. The van der Waals surface area contributed by atoms with Crippen LogP contribution in [0.1, 0.15) is 22.8 Å². The van der Waals surface area contributed by atoms with Crippen LogP contribution in [-0.4, -0.2) is 38.1 Å². The highest BCUT2D eigenvalue weighted by Gasteiger charge is 2.13. The lowest BCUT2D eigenvalue weighted by atomic mass is 10.1. The molecule has 1 N–H and O–H groups in total. The molecule has 1 amide bonds. The average molecular weight is 390 g/mol. The van der Waals surface area contributed by atoms with Crippen molar-refractivity contribution in [3.8, 4) is 17.2 Å². The number of ether oxygens (including phenoxy) is 3. The van der Waals surface area contributed by atoms with Gasteiger partial charge in [0.1, 0.15) is 19.0 Å². The monoisotopic (exact) mass is 389 g/mol. The molecular formula is C20H20ClNO5. The van der Waals surface area contributed by atoms with Crippen molar-refractivity contribution in [3.05, 3.63) is 52.5 Å². The van der Waals surface area contributed by atoms with Crippen molar-refractivity contribution in [1.82, 2.24) is 5.32 Å². The third-order valence-electron chi connectivity index (χ3n) is 4.02. The summed E-state index contributed by atoms with van der Waals surface area (Å²) >= 11 is 5.89. The maximum absolute atomic E-state index is 12.0. The van der Waals surface area contributed by atoms with Crippen molar-refractivity contribution in [2.45, 2.75) is 13.3 Å². The van der Waals surface area contributed by atoms with Gasteiger partial charge in [0.25, 0.3) is 5.91 Å². The molecule has 0 aromatic heterocycles. The summed E-state index contributed by atoms with van der Waals surface area (Å²) in [5.41, 5.74) is 1.39. The summed E-state index contributed by atoms with van der Waals surface area (Å²) in [6.45, 7) is 2.80. The Bertz CT molecular complexity index is 852. The third kappa shape index (κ3) is 5.14. The molecule has 0 saturated carbocycles. The molecule has 1 heterocycles. The minimum Gasteiger partial charge on any atom is -0.486 e. The SMILES string of the molecule is CC(=O)c1cc(Cl)ccc1OCC(=O)NCCc1ccc2c(c1)OCCO2. The van der Waals surface area contributed by atoms with Crippen molar-refractivity contribution >= 4 is 23.3 Å².